The zero-order valence-corrected chi connectivity index (χ0v) is 38.1. The fourth-order valence-electron chi connectivity index (χ4n) is 7.29. The van der Waals surface area contributed by atoms with E-state index in [1.807, 2.05) is 113 Å². The van der Waals surface area contributed by atoms with Gasteiger partial charge in [0.15, 0.2) is 6.10 Å². The molecule has 3 rings (SSSR count). The maximum Gasteiger partial charge on any atom is 0.306 e. The molecule has 0 aliphatic heterocycles. The quantitative estimate of drug-likeness (QED) is 0.0956. The van der Waals surface area contributed by atoms with Crippen molar-refractivity contribution in [3.63, 3.8) is 0 Å². The average molecular weight is 805 g/mol. The number of rotatable bonds is 16. The average Bonchev–Trinajstić information content (AvgIpc) is 3.08. The summed E-state index contributed by atoms with van der Waals surface area (Å²) < 4.78 is 23.4. The first-order valence-electron chi connectivity index (χ1n) is 20.7. The molecule has 9 nitrogen and oxygen atoms in total. The van der Waals surface area contributed by atoms with Gasteiger partial charge in [0, 0.05) is 24.0 Å². The summed E-state index contributed by atoms with van der Waals surface area (Å²) in [7, 11) is 0. The summed E-state index contributed by atoms with van der Waals surface area (Å²) in [6, 6.07) is 9.71. The number of aryl methyl sites for hydroxylation is 5. The molecule has 0 aliphatic rings. The van der Waals surface area contributed by atoms with Gasteiger partial charge in [-0.15, -0.1) is 0 Å². The highest BCUT2D eigenvalue weighted by Crippen LogP contribution is 2.45. The summed E-state index contributed by atoms with van der Waals surface area (Å²) in [5.74, 6) is 0.0391. The van der Waals surface area contributed by atoms with Crippen LogP contribution in [0, 0.1) is 20.8 Å². The molecule has 0 saturated heterocycles. The smallest absolute Gasteiger partial charge is 0.306 e. The molecule has 3 N–H and O–H groups in total. The van der Waals surface area contributed by atoms with Crippen LogP contribution in [0.5, 0.6) is 17.2 Å². The van der Waals surface area contributed by atoms with Crippen LogP contribution in [-0.4, -0.2) is 60.3 Å². The van der Waals surface area contributed by atoms with Gasteiger partial charge in [-0.25, -0.2) is 0 Å². The molecule has 0 radical (unpaired) electrons. The van der Waals surface area contributed by atoms with Gasteiger partial charge in [0.2, 0.25) is 0 Å². The summed E-state index contributed by atoms with van der Waals surface area (Å²) in [6.07, 6.45) is 0.473. The highest BCUT2D eigenvalue weighted by atomic mass is 16.6. The number of ether oxygens (including phenoxy) is 4. The Bertz CT molecular complexity index is 1900. The number of carbonyl (C=O) groups is 2. The standard InChI is InChI=1S/C49H72O9/c1-30-26-35(46(4,5)6)45(54)42(49(13,14)15)41(30)38(58-40(51)19-17-34-25-32(3)44(53)37(28-34)48(10,11)12)29-56-21-20-55-22-23-57-39(50)18-16-33-24-31(2)43(52)36(27-33)47(7,8)9/h24-28,38,52-54H,16-23,29H2,1-15H3. The van der Waals surface area contributed by atoms with Crippen LogP contribution in [-0.2, 0) is 63.0 Å². The topological polar surface area (TPSA) is 132 Å². The molecule has 0 bridgehead atoms. The number of phenolic OH excluding ortho intramolecular Hbond substituents is 3. The van der Waals surface area contributed by atoms with E-state index in [2.05, 4.69) is 20.8 Å². The van der Waals surface area contributed by atoms with Gasteiger partial charge in [0.25, 0.3) is 0 Å². The first kappa shape index (κ1) is 48.3. The summed E-state index contributed by atoms with van der Waals surface area (Å²) in [6.45, 7) is 31.1. The van der Waals surface area contributed by atoms with Gasteiger partial charge in [-0.05, 0) is 99.8 Å². The van der Waals surface area contributed by atoms with Crippen molar-refractivity contribution in [1.29, 1.82) is 0 Å². The molecule has 0 fully saturated rings. The van der Waals surface area contributed by atoms with Crippen LogP contribution in [0.15, 0.2) is 30.3 Å². The first-order chi connectivity index (χ1) is 26.6. The normalized spacial score (nSPS) is 13.1. The van der Waals surface area contributed by atoms with Crippen LogP contribution in [0.3, 0.4) is 0 Å². The Balaban J connectivity index is 1.67. The number of esters is 2. The lowest BCUT2D eigenvalue weighted by Crippen LogP contribution is -2.26. The van der Waals surface area contributed by atoms with Crippen molar-refractivity contribution < 1.29 is 43.9 Å². The molecule has 1 unspecified atom stereocenters. The van der Waals surface area contributed by atoms with Crippen molar-refractivity contribution in [3.05, 3.63) is 86.0 Å². The molecule has 0 aliphatic carbocycles. The summed E-state index contributed by atoms with van der Waals surface area (Å²) in [5.41, 5.74) is 7.01. The van der Waals surface area contributed by atoms with Gasteiger partial charge >= 0.3 is 11.9 Å². The van der Waals surface area contributed by atoms with E-state index >= 15 is 0 Å². The lowest BCUT2D eigenvalue weighted by atomic mass is 9.75. The van der Waals surface area contributed by atoms with E-state index in [1.165, 1.54) is 0 Å². The fraction of sp³-hybridized carbons (Fsp3) is 0.592. The molecule has 3 aromatic rings. The molecular formula is C49H72O9. The van der Waals surface area contributed by atoms with E-state index in [4.69, 9.17) is 18.9 Å². The van der Waals surface area contributed by atoms with Crippen LogP contribution < -0.4 is 0 Å². The first-order valence-corrected chi connectivity index (χ1v) is 20.7. The minimum absolute atomic E-state index is 0.0441. The molecule has 0 aromatic heterocycles. The third kappa shape index (κ3) is 13.2. The van der Waals surface area contributed by atoms with E-state index in [0.717, 1.165) is 55.6 Å². The summed E-state index contributed by atoms with van der Waals surface area (Å²) >= 11 is 0. The zero-order valence-electron chi connectivity index (χ0n) is 38.1. The minimum Gasteiger partial charge on any atom is -0.507 e. The molecule has 0 spiro atoms. The van der Waals surface area contributed by atoms with Gasteiger partial charge < -0.3 is 34.3 Å². The van der Waals surface area contributed by atoms with Crippen molar-refractivity contribution in [3.8, 4) is 17.2 Å². The fourth-order valence-corrected chi connectivity index (χ4v) is 7.29. The highest BCUT2D eigenvalue weighted by Gasteiger charge is 2.34. The molecule has 58 heavy (non-hydrogen) atoms. The molecule has 9 heteroatoms. The maximum absolute atomic E-state index is 13.6. The Morgan fingerprint density at radius 3 is 1.43 bits per heavy atom. The second-order valence-electron chi connectivity index (χ2n) is 19.9. The number of aromatic hydroxyl groups is 3. The third-order valence-electron chi connectivity index (χ3n) is 10.4. The lowest BCUT2D eigenvalue weighted by molar-refractivity contribution is -0.153. The van der Waals surface area contributed by atoms with E-state index in [9.17, 15) is 24.9 Å². The van der Waals surface area contributed by atoms with Crippen molar-refractivity contribution in [2.24, 2.45) is 0 Å². The Hall–Kier alpha value is -4.08. The maximum atomic E-state index is 13.6. The summed E-state index contributed by atoms with van der Waals surface area (Å²) in [5, 5.41) is 33.0. The molecule has 0 amide bonds. The third-order valence-corrected chi connectivity index (χ3v) is 10.4. The van der Waals surface area contributed by atoms with Crippen LogP contribution in [0.4, 0.5) is 0 Å². The van der Waals surface area contributed by atoms with Crippen molar-refractivity contribution in [2.75, 3.05) is 33.0 Å². The van der Waals surface area contributed by atoms with Crippen LogP contribution >= 0.6 is 0 Å². The van der Waals surface area contributed by atoms with Gasteiger partial charge in [-0.1, -0.05) is 113 Å². The Morgan fingerprint density at radius 2 is 0.966 bits per heavy atom. The van der Waals surface area contributed by atoms with E-state index < -0.39 is 17.5 Å². The van der Waals surface area contributed by atoms with Gasteiger partial charge in [-0.2, -0.15) is 0 Å². The molecule has 1 atom stereocenters. The van der Waals surface area contributed by atoms with Crippen molar-refractivity contribution in [1.82, 2.24) is 0 Å². The number of benzene rings is 3. The molecule has 3 aromatic carbocycles. The monoisotopic (exact) mass is 805 g/mol. The molecule has 0 saturated carbocycles. The number of hydrogen-bond acceptors (Lipinski definition) is 9. The number of phenols is 3. The van der Waals surface area contributed by atoms with E-state index in [1.54, 1.807) is 0 Å². The van der Waals surface area contributed by atoms with Crippen molar-refractivity contribution in [2.45, 2.75) is 157 Å². The second-order valence-corrected chi connectivity index (χ2v) is 19.9. The molecule has 322 valence electrons. The minimum atomic E-state index is -0.800. The number of hydrogen-bond donors (Lipinski definition) is 3. The molecular weight excluding hydrogens is 733 g/mol. The summed E-state index contributed by atoms with van der Waals surface area (Å²) in [4.78, 5) is 26.1. The van der Waals surface area contributed by atoms with E-state index in [0.29, 0.717) is 18.6 Å². The van der Waals surface area contributed by atoms with Crippen molar-refractivity contribution >= 4 is 11.9 Å². The Kier molecular flexibility index (Phi) is 16.1. The predicted octanol–water partition coefficient (Wildman–Crippen LogP) is 10.3. The Labute approximate surface area is 348 Å². The zero-order chi connectivity index (χ0) is 44.0. The molecule has 0 heterocycles. The van der Waals surface area contributed by atoms with E-state index in [-0.39, 0.29) is 79.6 Å². The SMILES string of the molecule is Cc1cc(CCC(=O)OCCOCCOCC(OC(=O)CCc2cc(C)c(O)c(C(C)(C)C)c2)c2c(C)cc(C(C)(C)C)c(O)c2C(C)(C)C)cc(C(C)(C)C)c1O. The predicted molar refractivity (Wildman–Crippen MR) is 231 cm³/mol. The van der Waals surface area contributed by atoms with Gasteiger partial charge in [0.1, 0.15) is 23.9 Å². The van der Waals surface area contributed by atoms with Gasteiger partial charge in [0.05, 0.1) is 26.4 Å². The van der Waals surface area contributed by atoms with Crippen LogP contribution in [0.2, 0.25) is 0 Å². The second kappa shape index (κ2) is 19.3. The van der Waals surface area contributed by atoms with Crippen LogP contribution in [0.1, 0.15) is 158 Å². The van der Waals surface area contributed by atoms with Gasteiger partial charge in [-0.3, -0.25) is 9.59 Å². The van der Waals surface area contributed by atoms with Crippen LogP contribution in [0.25, 0.3) is 0 Å². The number of carbonyl (C=O) groups excluding carboxylic acids is 2. The highest BCUT2D eigenvalue weighted by molar-refractivity contribution is 5.71. The Morgan fingerprint density at radius 1 is 0.534 bits per heavy atom. The largest absolute Gasteiger partial charge is 0.507 e. The lowest BCUT2D eigenvalue weighted by Gasteiger charge is -2.33.